The highest BCUT2D eigenvalue weighted by Gasteiger charge is 2.14. The standard InChI is InChI=1S/C11H13N5O3/c1-7(5-17)16-6-13-15-10(16)8-3-2-4-9(14-8)19-11(12)18/h2-4,6-7,17H,5H2,1H3,(H2,12,18). The van der Waals surface area contributed by atoms with E-state index in [4.69, 9.17) is 15.6 Å². The number of aliphatic hydroxyl groups is 1. The lowest BCUT2D eigenvalue weighted by molar-refractivity contribution is 0.209. The zero-order valence-corrected chi connectivity index (χ0v) is 10.2. The fourth-order valence-electron chi connectivity index (χ4n) is 1.54. The summed E-state index contributed by atoms with van der Waals surface area (Å²) in [5.41, 5.74) is 5.39. The quantitative estimate of drug-likeness (QED) is 0.822. The molecule has 1 atom stereocenters. The van der Waals surface area contributed by atoms with Crippen molar-refractivity contribution in [3.63, 3.8) is 0 Å². The molecule has 0 aromatic carbocycles. The number of aromatic nitrogens is 4. The van der Waals surface area contributed by atoms with Crippen LogP contribution in [-0.4, -0.2) is 37.6 Å². The maximum absolute atomic E-state index is 10.7. The van der Waals surface area contributed by atoms with Crippen molar-refractivity contribution in [3.05, 3.63) is 24.5 Å². The SMILES string of the molecule is CC(CO)n1cnnc1-c1cccc(OC(N)=O)n1. The summed E-state index contributed by atoms with van der Waals surface area (Å²) in [5, 5.41) is 16.9. The van der Waals surface area contributed by atoms with Crippen LogP contribution in [0.1, 0.15) is 13.0 Å². The van der Waals surface area contributed by atoms with E-state index in [1.807, 2.05) is 6.92 Å². The van der Waals surface area contributed by atoms with Crippen LogP contribution in [0.15, 0.2) is 24.5 Å². The van der Waals surface area contributed by atoms with Crippen LogP contribution >= 0.6 is 0 Å². The summed E-state index contributed by atoms with van der Waals surface area (Å²) < 4.78 is 6.38. The summed E-state index contributed by atoms with van der Waals surface area (Å²) in [4.78, 5) is 14.8. The molecular formula is C11H13N5O3. The van der Waals surface area contributed by atoms with Crippen molar-refractivity contribution in [1.29, 1.82) is 0 Å². The molecule has 0 aliphatic heterocycles. The molecule has 19 heavy (non-hydrogen) atoms. The second kappa shape index (κ2) is 5.44. The molecule has 1 unspecified atom stereocenters. The summed E-state index contributed by atoms with van der Waals surface area (Å²) >= 11 is 0. The van der Waals surface area contributed by atoms with E-state index < -0.39 is 6.09 Å². The topological polar surface area (TPSA) is 116 Å². The summed E-state index contributed by atoms with van der Waals surface area (Å²) in [6.45, 7) is 1.76. The van der Waals surface area contributed by atoms with Gasteiger partial charge in [-0.1, -0.05) is 6.07 Å². The molecule has 0 fully saturated rings. The first kappa shape index (κ1) is 13.0. The van der Waals surface area contributed by atoms with Crippen molar-refractivity contribution in [2.24, 2.45) is 5.73 Å². The highest BCUT2D eigenvalue weighted by atomic mass is 16.6. The smallest absolute Gasteiger partial charge is 0.394 e. The van der Waals surface area contributed by atoms with Crippen molar-refractivity contribution in [1.82, 2.24) is 19.7 Å². The number of primary amides is 1. The molecule has 1 amide bonds. The van der Waals surface area contributed by atoms with Gasteiger partial charge < -0.3 is 20.1 Å². The van der Waals surface area contributed by atoms with E-state index in [0.29, 0.717) is 11.5 Å². The molecule has 2 heterocycles. The first-order valence-corrected chi connectivity index (χ1v) is 5.57. The Morgan fingerprint density at radius 2 is 2.37 bits per heavy atom. The number of nitrogens with two attached hydrogens (primary N) is 1. The Morgan fingerprint density at radius 3 is 3.05 bits per heavy atom. The normalized spacial score (nSPS) is 12.1. The molecule has 0 radical (unpaired) electrons. The minimum Gasteiger partial charge on any atom is -0.394 e. The number of pyridine rings is 1. The van der Waals surface area contributed by atoms with Gasteiger partial charge in [-0.15, -0.1) is 10.2 Å². The third kappa shape index (κ3) is 2.86. The molecule has 8 heteroatoms. The Balaban J connectivity index is 2.36. The number of hydrogen-bond donors (Lipinski definition) is 2. The number of hydrogen-bond acceptors (Lipinski definition) is 6. The molecule has 2 aromatic heterocycles. The molecule has 2 aromatic rings. The van der Waals surface area contributed by atoms with Gasteiger partial charge >= 0.3 is 6.09 Å². The summed E-state index contributed by atoms with van der Waals surface area (Å²) in [5.74, 6) is 0.549. The summed E-state index contributed by atoms with van der Waals surface area (Å²) in [6, 6.07) is 4.67. The van der Waals surface area contributed by atoms with E-state index in [1.165, 1.54) is 12.4 Å². The number of rotatable bonds is 4. The van der Waals surface area contributed by atoms with Crippen molar-refractivity contribution >= 4 is 6.09 Å². The largest absolute Gasteiger partial charge is 0.411 e. The molecule has 100 valence electrons. The van der Waals surface area contributed by atoms with Crippen LogP contribution in [0.25, 0.3) is 11.5 Å². The lowest BCUT2D eigenvalue weighted by Gasteiger charge is -2.12. The number of ether oxygens (including phenoxy) is 1. The molecule has 0 saturated heterocycles. The minimum absolute atomic E-state index is 0.0531. The number of carbonyl (C=O) groups is 1. The van der Waals surface area contributed by atoms with Gasteiger partial charge in [0.1, 0.15) is 12.0 Å². The molecule has 3 N–H and O–H groups in total. The van der Waals surface area contributed by atoms with Gasteiger partial charge in [0.25, 0.3) is 0 Å². The third-order valence-corrected chi connectivity index (χ3v) is 2.47. The first-order chi connectivity index (χ1) is 9.11. The molecule has 0 aliphatic carbocycles. The fraction of sp³-hybridized carbons (Fsp3) is 0.273. The minimum atomic E-state index is -0.935. The van der Waals surface area contributed by atoms with Crippen LogP contribution in [0, 0.1) is 0 Å². The zero-order chi connectivity index (χ0) is 13.8. The van der Waals surface area contributed by atoms with E-state index in [0.717, 1.165) is 0 Å². The van der Waals surface area contributed by atoms with Crippen LogP contribution in [0.5, 0.6) is 5.88 Å². The van der Waals surface area contributed by atoms with Gasteiger partial charge in [-0.25, -0.2) is 9.78 Å². The van der Waals surface area contributed by atoms with Gasteiger partial charge in [0.2, 0.25) is 5.88 Å². The van der Waals surface area contributed by atoms with Crippen LogP contribution in [0.3, 0.4) is 0 Å². The summed E-state index contributed by atoms with van der Waals surface area (Å²) in [7, 11) is 0. The average Bonchev–Trinajstić information content (AvgIpc) is 2.86. The third-order valence-electron chi connectivity index (χ3n) is 2.47. The molecular weight excluding hydrogens is 250 g/mol. The van der Waals surface area contributed by atoms with Crippen molar-refractivity contribution < 1.29 is 14.6 Å². The Morgan fingerprint density at radius 1 is 1.58 bits per heavy atom. The Kier molecular flexibility index (Phi) is 3.71. The van der Waals surface area contributed by atoms with Gasteiger partial charge in [-0.3, -0.25) is 0 Å². The monoisotopic (exact) mass is 263 g/mol. The van der Waals surface area contributed by atoms with Gasteiger partial charge in [-0.05, 0) is 13.0 Å². The number of nitrogens with zero attached hydrogens (tertiary/aromatic N) is 4. The van der Waals surface area contributed by atoms with Crippen LogP contribution in [0.2, 0.25) is 0 Å². The first-order valence-electron chi connectivity index (χ1n) is 5.57. The van der Waals surface area contributed by atoms with Gasteiger partial charge in [-0.2, -0.15) is 0 Å². The number of aliphatic hydroxyl groups excluding tert-OH is 1. The van der Waals surface area contributed by atoms with Crippen LogP contribution < -0.4 is 10.5 Å². The second-order valence-corrected chi connectivity index (χ2v) is 3.88. The van der Waals surface area contributed by atoms with Crippen molar-refractivity contribution in [2.75, 3.05) is 6.61 Å². The lowest BCUT2D eigenvalue weighted by Crippen LogP contribution is -2.17. The number of amides is 1. The van der Waals surface area contributed by atoms with Crippen LogP contribution in [0.4, 0.5) is 4.79 Å². The zero-order valence-electron chi connectivity index (χ0n) is 10.2. The maximum Gasteiger partial charge on any atom is 0.411 e. The van der Waals surface area contributed by atoms with Gasteiger partial charge in [0, 0.05) is 6.07 Å². The maximum atomic E-state index is 10.7. The van der Waals surface area contributed by atoms with Gasteiger partial charge in [0.05, 0.1) is 12.6 Å². The van der Waals surface area contributed by atoms with E-state index in [2.05, 4.69) is 15.2 Å². The second-order valence-electron chi connectivity index (χ2n) is 3.88. The molecule has 8 nitrogen and oxygen atoms in total. The molecule has 0 saturated carbocycles. The van der Waals surface area contributed by atoms with Crippen molar-refractivity contribution in [2.45, 2.75) is 13.0 Å². The number of carbonyl (C=O) groups excluding carboxylic acids is 1. The Bertz CT molecular complexity index is 583. The van der Waals surface area contributed by atoms with E-state index in [9.17, 15) is 4.79 Å². The summed E-state index contributed by atoms with van der Waals surface area (Å²) in [6.07, 6.45) is 0.564. The fourth-order valence-corrected chi connectivity index (χ4v) is 1.54. The lowest BCUT2D eigenvalue weighted by atomic mass is 10.3. The predicted molar refractivity (Wildman–Crippen MR) is 65.3 cm³/mol. The Labute approximate surface area is 108 Å². The molecule has 0 aliphatic rings. The molecule has 2 rings (SSSR count). The highest BCUT2D eigenvalue weighted by Crippen LogP contribution is 2.20. The predicted octanol–water partition coefficient (Wildman–Crippen LogP) is 0.351. The average molecular weight is 263 g/mol. The Hall–Kier alpha value is -2.48. The highest BCUT2D eigenvalue weighted by molar-refractivity contribution is 5.67. The van der Waals surface area contributed by atoms with E-state index in [-0.39, 0.29) is 18.5 Å². The van der Waals surface area contributed by atoms with Crippen LogP contribution in [-0.2, 0) is 0 Å². The van der Waals surface area contributed by atoms with E-state index in [1.54, 1.807) is 16.7 Å². The van der Waals surface area contributed by atoms with E-state index >= 15 is 0 Å². The van der Waals surface area contributed by atoms with Crippen molar-refractivity contribution in [3.8, 4) is 17.4 Å². The van der Waals surface area contributed by atoms with Gasteiger partial charge in [0.15, 0.2) is 5.82 Å². The molecule has 0 spiro atoms. The molecule has 0 bridgehead atoms.